The summed E-state index contributed by atoms with van der Waals surface area (Å²) in [6.07, 6.45) is 2.73. The van der Waals surface area contributed by atoms with Crippen LogP contribution in [0.5, 0.6) is 5.88 Å². The fraction of sp³-hybridized carbons (Fsp3) is 0.625. The Morgan fingerprint density at radius 1 is 1.50 bits per heavy atom. The van der Waals surface area contributed by atoms with Crippen molar-refractivity contribution in [3.8, 4) is 5.88 Å². The standard InChI is InChI=1S/C8H16N2OSi/c1-10-6-5-8(9-10)11-7-12(2,3)4/h5-6H,7H2,1-4H3. The summed E-state index contributed by atoms with van der Waals surface area (Å²) in [5.74, 6) is 0.736. The van der Waals surface area contributed by atoms with Crippen molar-refractivity contribution < 1.29 is 4.74 Å². The molecule has 1 aromatic rings. The predicted octanol–water partition coefficient (Wildman–Crippen LogP) is 1.68. The van der Waals surface area contributed by atoms with Crippen molar-refractivity contribution in [1.29, 1.82) is 0 Å². The van der Waals surface area contributed by atoms with Crippen LogP contribution in [0, 0.1) is 0 Å². The van der Waals surface area contributed by atoms with E-state index in [1.54, 1.807) is 4.68 Å². The monoisotopic (exact) mass is 184 g/mol. The summed E-state index contributed by atoms with van der Waals surface area (Å²) in [5.41, 5.74) is 0. The number of rotatable bonds is 3. The molecule has 0 amide bonds. The van der Waals surface area contributed by atoms with E-state index in [0.29, 0.717) is 0 Å². The predicted molar refractivity (Wildman–Crippen MR) is 52.0 cm³/mol. The van der Waals surface area contributed by atoms with Crippen LogP contribution in [0.25, 0.3) is 0 Å². The second kappa shape index (κ2) is 3.31. The van der Waals surface area contributed by atoms with Gasteiger partial charge in [0, 0.05) is 19.3 Å². The fourth-order valence-corrected chi connectivity index (χ4v) is 1.34. The Bertz CT molecular complexity index is 252. The summed E-state index contributed by atoms with van der Waals surface area (Å²) in [4.78, 5) is 0. The van der Waals surface area contributed by atoms with Crippen LogP contribution in [-0.4, -0.2) is 24.1 Å². The van der Waals surface area contributed by atoms with Crippen LogP contribution in [0.1, 0.15) is 0 Å². The number of nitrogens with zero attached hydrogens (tertiary/aromatic N) is 2. The van der Waals surface area contributed by atoms with Gasteiger partial charge in [0.2, 0.25) is 5.88 Å². The first-order valence-electron chi connectivity index (χ1n) is 4.10. The zero-order valence-corrected chi connectivity index (χ0v) is 9.16. The molecule has 4 heteroatoms. The second-order valence-corrected chi connectivity index (χ2v) is 9.59. The molecule has 1 heterocycles. The van der Waals surface area contributed by atoms with Gasteiger partial charge in [0.25, 0.3) is 0 Å². The van der Waals surface area contributed by atoms with Gasteiger partial charge in [-0.15, -0.1) is 5.10 Å². The zero-order chi connectivity index (χ0) is 9.19. The van der Waals surface area contributed by atoms with Crippen LogP contribution in [0.4, 0.5) is 0 Å². The molecular weight excluding hydrogens is 168 g/mol. The molecule has 1 rings (SSSR count). The lowest BCUT2D eigenvalue weighted by molar-refractivity contribution is 0.358. The molecule has 0 saturated carbocycles. The minimum absolute atomic E-state index is 0.736. The molecule has 0 saturated heterocycles. The molecule has 68 valence electrons. The van der Waals surface area contributed by atoms with Crippen LogP contribution in [0.2, 0.25) is 19.6 Å². The Labute approximate surface area is 74.4 Å². The van der Waals surface area contributed by atoms with Gasteiger partial charge >= 0.3 is 0 Å². The van der Waals surface area contributed by atoms with Crippen LogP contribution >= 0.6 is 0 Å². The molecule has 1 aromatic heterocycles. The SMILES string of the molecule is Cn1ccc(OC[Si](C)(C)C)n1. The topological polar surface area (TPSA) is 27.1 Å². The maximum Gasteiger partial charge on any atom is 0.232 e. The summed E-state index contributed by atoms with van der Waals surface area (Å²) in [5, 5.41) is 4.13. The molecule has 0 aliphatic heterocycles. The average molecular weight is 184 g/mol. The molecule has 0 bridgehead atoms. The van der Waals surface area contributed by atoms with Gasteiger partial charge in [-0.1, -0.05) is 19.6 Å². The van der Waals surface area contributed by atoms with E-state index in [0.717, 1.165) is 12.1 Å². The molecule has 0 aliphatic carbocycles. The van der Waals surface area contributed by atoms with Crippen LogP contribution in [0.3, 0.4) is 0 Å². The molecule has 0 spiro atoms. The van der Waals surface area contributed by atoms with Gasteiger partial charge in [-0.2, -0.15) is 0 Å². The Hall–Kier alpha value is -0.773. The number of ether oxygens (including phenoxy) is 1. The van der Waals surface area contributed by atoms with E-state index in [1.165, 1.54) is 0 Å². The van der Waals surface area contributed by atoms with E-state index >= 15 is 0 Å². The van der Waals surface area contributed by atoms with E-state index < -0.39 is 8.07 Å². The van der Waals surface area contributed by atoms with Crippen molar-refractivity contribution >= 4 is 8.07 Å². The molecule has 3 nitrogen and oxygen atoms in total. The smallest absolute Gasteiger partial charge is 0.232 e. The lowest BCUT2D eigenvalue weighted by Gasteiger charge is -2.14. The van der Waals surface area contributed by atoms with Crippen molar-refractivity contribution in [2.75, 3.05) is 6.23 Å². The first-order chi connectivity index (χ1) is 5.47. The summed E-state index contributed by atoms with van der Waals surface area (Å²) in [7, 11) is 0.788. The van der Waals surface area contributed by atoms with E-state index in [1.807, 2.05) is 19.3 Å². The number of aryl methyl sites for hydroxylation is 1. The minimum atomic E-state index is -1.10. The second-order valence-electron chi connectivity index (χ2n) is 4.18. The van der Waals surface area contributed by atoms with Gasteiger partial charge in [-0.05, 0) is 0 Å². The molecule has 12 heavy (non-hydrogen) atoms. The van der Waals surface area contributed by atoms with Crippen LogP contribution < -0.4 is 4.74 Å². The molecule has 0 radical (unpaired) electrons. The molecule has 0 atom stereocenters. The van der Waals surface area contributed by atoms with Crippen molar-refractivity contribution in [2.24, 2.45) is 7.05 Å². The normalized spacial score (nSPS) is 11.7. The lowest BCUT2D eigenvalue weighted by Crippen LogP contribution is -2.30. The molecular formula is C8H16N2OSi. The molecule has 0 aliphatic rings. The maximum atomic E-state index is 5.52. The van der Waals surface area contributed by atoms with Crippen LogP contribution in [-0.2, 0) is 7.05 Å². The van der Waals surface area contributed by atoms with E-state index in [9.17, 15) is 0 Å². The molecule has 0 aromatic carbocycles. The highest BCUT2D eigenvalue weighted by molar-refractivity contribution is 6.76. The number of hydrogen-bond acceptors (Lipinski definition) is 2. The Balaban J connectivity index is 2.44. The van der Waals surface area contributed by atoms with Gasteiger partial charge < -0.3 is 4.74 Å². The van der Waals surface area contributed by atoms with Gasteiger partial charge in [0.15, 0.2) is 0 Å². The Morgan fingerprint density at radius 2 is 2.17 bits per heavy atom. The summed E-state index contributed by atoms with van der Waals surface area (Å²) < 4.78 is 7.27. The summed E-state index contributed by atoms with van der Waals surface area (Å²) in [6, 6.07) is 1.89. The van der Waals surface area contributed by atoms with Gasteiger partial charge in [0.05, 0.1) is 14.3 Å². The average Bonchev–Trinajstić information content (AvgIpc) is 2.30. The third-order valence-electron chi connectivity index (χ3n) is 1.34. The number of hydrogen-bond donors (Lipinski definition) is 0. The van der Waals surface area contributed by atoms with Crippen molar-refractivity contribution in [3.05, 3.63) is 12.3 Å². The molecule has 0 N–H and O–H groups in total. The van der Waals surface area contributed by atoms with Crippen molar-refractivity contribution in [3.63, 3.8) is 0 Å². The maximum absolute atomic E-state index is 5.52. The van der Waals surface area contributed by atoms with Gasteiger partial charge in [0.1, 0.15) is 0 Å². The third-order valence-corrected chi connectivity index (χ3v) is 2.35. The van der Waals surface area contributed by atoms with E-state index in [2.05, 4.69) is 24.7 Å². The Morgan fingerprint density at radius 3 is 2.58 bits per heavy atom. The highest BCUT2D eigenvalue weighted by Gasteiger charge is 2.14. The zero-order valence-electron chi connectivity index (χ0n) is 8.16. The largest absolute Gasteiger partial charge is 0.480 e. The first kappa shape index (κ1) is 9.32. The molecule has 0 fully saturated rings. The summed E-state index contributed by atoms with van der Waals surface area (Å²) in [6.45, 7) is 6.82. The molecule has 0 unspecified atom stereocenters. The Kier molecular flexibility index (Phi) is 2.57. The third kappa shape index (κ3) is 3.09. The highest BCUT2D eigenvalue weighted by Crippen LogP contribution is 2.07. The fourth-order valence-electron chi connectivity index (χ4n) is 0.761. The van der Waals surface area contributed by atoms with E-state index in [4.69, 9.17) is 4.74 Å². The van der Waals surface area contributed by atoms with E-state index in [-0.39, 0.29) is 0 Å². The first-order valence-corrected chi connectivity index (χ1v) is 7.80. The number of aromatic nitrogens is 2. The van der Waals surface area contributed by atoms with Crippen molar-refractivity contribution in [2.45, 2.75) is 19.6 Å². The highest BCUT2D eigenvalue weighted by atomic mass is 28.3. The van der Waals surface area contributed by atoms with Gasteiger partial charge in [-0.25, -0.2) is 0 Å². The quantitative estimate of drug-likeness (QED) is 0.668. The van der Waals surface area contributed by atoms with Crippen LogP contribution in [0.15, 0.2) is 12.3 Å². The minimum Gasteiger partial charge on any atom is -0.480 e. The van der Waals surface area contributed by atoms with Crippen molar-refractivity contribution in [1.82, 2.24) is 9.78 Å². The lowest BCUT2D eigenvalue weighted by atomic mass is 10.7. The summed E-state index contributed by atoms with van der Waals surface area (Å²) >= 11 is 0. The van der Waals surface area contributed by atoms with Gasteiger partial charge in [-0.3, -0.25) is 4.68 Å².